The van der Waals surface area contributed by atoms with Gasteiger partial charge in [0.05, 0.1) is 27.9 Å². The highest BCUT2D eigenvalue weighted by Gasteiger charge is 2.38. The van der Waals surface area contributed by atoms with Crippen molar-refractivity contribution in [3.63, 3.8) is 0 Å². The van der Waals surface area contributed by atoms with E-state index in [1.165, 1.54) is 6.20 Å². The molecule has 136 valence electrons. The fourth-order valence-electron chi connectivity index (χ4n) is 2.14. The van der Waals surface area contributed by atoms with Gasteiger partial charge in [-0.2, -0.15) is 0 Å². The summed E-state index contributed by atoms with van der Waals surface area (Å²) in [4.78, 5) is 38.8. The molecule has 0 saturated heterocycles. The number of aromatic nitrogens is 1. The Morgan fingerprint density at radius 1 is 1.08 bits per heavy atom. The van der Waals surface area contributed by atoms with Crippen LogP contribution in [0.1, 0.15) is 34.6 Å². The van der Waals surface area contributed by atoms with E-state index in [0.717, 1.165) is 4.90 Å². The molecule has 3 rings (SSSR count). The Hall–Kier alpha value is -2.15. The number of anilines is 1. The lowest BCUT2D eigenvalue weighted by atomic mass is 10.1. The van der Waals surface area contributed by atoms with Gasteiger partial charge in [0.25, 0.3) is 18.3 Å². The quantitative estimate of drug-likeness (QED) is 0.421. The number of halogens is 3. The van der Waals surface area contributed by atoms with Crippen molar-refractivity contribution < 1.29 is 19.1 Å². The maximum Gasteiger partial charge on any atom is 0.293 e. The van der Waals surface area contributed by atoms with Crippen LogP contribution in [-0.2, 0) is 9.53 Å². The van der Waals surface area contributed by atoms with Crippen LogP contribution >= 0.6 is 34.8 Å². The number of amides is 2. The van der Waals surface area contributed by atoms with Crippen LogP contribution in [0, 0.1) is 0 Å². The molecule has 0 aliphatic carbocycles. The van der Waals surface area contributed by atoms with Crippen LogP contribution in [0.4, 0.5) is 5.69 Å². The molecule has 0 bridgehead atoms. The average molecular weight is 416 g/mol. The number of hydrogen-bond acceptors (Lipinski definition) is 5. The van der Waals surface area contributed by atoms with Crippen molar-refractivity contribution >= 4 is 58.8 Å². The molecule has 2 heterocycles. The van der Waals surface area contributed by atoms with Crippen LogP contribution in [0.2, 0.25) is 15.2 Å². The third-order valence-electron chi connectivity index (χ3n) is 3.25. The standard InChI is InChI=1S/C13H5Cl3N2O2.C4H8O2/c14-8-5-17-11(16)9(15)10(8)18-12(19)6-3-1-2-4-7(6)13(18)20;1-4(2)6-3-5/h1-5H;3-4H,1-2H3. The normalized spacial score (nSPS) is 12.6. The van der Waals surface area contributed by atoms with Crippen molar-refractivity contribution in [2.24, 2.45) is 0 Å². The van der Waals surface area contributed by atoms with Gasteiger partial charge in [-0.25, -0.2) is 9.88 Å². The second-order valence-electron chi connectivity index (χ2n) is 5.33. The highest BCUT2D eigenvalue weighted by Crippen LogP contribution is 2.40. The van der Waals surface area contributed by atoms with Gasteiger partial charge in [-0.1, -0.05) is 46.9 Å². The number of rotatable bonds is 3. The molecule has 2 amide bonds. The Morgan fingerprint density at radius 2 is 1.62 bits per heavy atom. The summed E-state index contributed by atoms with van der Waals surface area (Å²) in [5.41, 5.74) is 0.662. The fraction of sp³-hybridized carbons (Fsp3) is 0.176. The number of pyridine rings is 1. The molecular formula is C17H13Cl3N2O4. The largest absolute Gasteiger partial charge is 0.465 e. The molecule has 1 aromatic carbocycles. The van der Waals surface area contributed by atoms with E-state index in [1.54, 1.807) is 38.1 Å². The van der Waals surface area contributed by atoms with Gasteiger partial charge in [-0.05, 0) is 26.0 Å². The van der Waals surface area contributed by atoms with E-state index in [2.05, 4.69) is 9.72 Å². The van der Waals surface area contributed by atoms with Gasteiger partial charge in [0.1, 0.15) is 10.2 Å². The first kappa shape index (κ1) is 20.2. The van der Waals surface area contributed by atoms with Gasteiger partial charge in [-0.3, -0.25) is 14.4 Å². The zero-order valence-electron chi connectivity index (χ0n) is 13.7. The lowest BCUT2D eigenvalue weighted by Gasteiger charge is -2.17. The van der Waals surface area contributed by atoms with Gasteiger partial charge >= 0.3 is 0 Å². The highest BCUT2D eigenvalue weighted by atomic mass is 35.5. The van der Waals surface area contributed by atoms with Gasteiger partial charge in [0.2, 0.25) is 0 Å². The molecule has 0 fully saturated rings. The van der Waals surface area contributed by atoms with E-state index in [4.69, 9.17) is 34.8 Å². The molecule has 26 heavy (non-hydrogen) atoms. The van der Waals surface area contributed by atoms with Crippen LogP contribution in [0.3, 0.4) is 0 Å². The van der Waals surface area contributed by atoms with E-state index in [-0.39, 0.29) is 27.0 Å². The fourth-order valence-corrected chi connectivity index (χ4v) is 2.79. The number of imide groups is 1. The Balaban J connectivity index is 0.000000352. The van der Waals surface area contributed by atoms with Crippen LogP contribution in [0.25, 0.3) is 0 Å². The van der Waals surface area contributed by atoms with E-state index < -0.39 is 11.8 Å². The van der Waals surface area contributed by atoms with Crippen molar-refractivity contribution in [2.45, 2.75) is 20.0 Å². The van der Waals surface area contributed by atoms with Gasteiger partial charge in [0.15, 0.2) is 0 Å². The first-order valence-corrected chi connectivity index (χ1v) is 8.49. The molecule has 9 heteroatoms. The molecule has 0 spiro atoms. The monoisotopic (exact) mass is 414 g/mol. The number of carbonyl (C=O) groups is 3. The highest BCUT2D eigenvalue weighted by molar-refractivity contribution is 6.48. The van der Waals surface area contributed by atoms with Crippen LogP contribution in [-0.4, -0.2) is 29.4 Å². The lowest BCUT2D eigenvalue weighted by Crippen LogP contribution is -2.30. The SMILES string of the molecule is CC(C)OC=O.O=C1c2ccccc2C(=O)N1c1c(Cl)cnc(Cl)c1Cl. The average Bonchev–Trinajstić information content (AvgIpc) is 2.85. The smallest absolute Gasteiger partial charge is 0.293 e. The summed E-state index contributed by atoms with van der Waals surface area (Å²) < 4.78 is 4.36. The third kappa shape index (κ3) is 3.98. The Labute approximate surface area is 164 Å². The number of benzene rings is 1. The summed E-state index contributed by atoms with van der Waals surface area (Å²) in [6.07, 6.45) is 1.27. The summed E-state index contributed by atoms with van der Waals surface area (Å²) in [5, 5.41) is 0.0187. The molecule has 6 nitrogen and oxygen atoms in total. The molecule has 1 aliphatic heterocycles. The summed E-state index contributed by atoms with van der Waals surface area (Å²) >= 11 is 17.9. The number of fused-ring (bicyclic) bond motifs is 1. The molecule has 0 saturated carbocycles. The van der Waals surface area contributed by atoms with Crippen LogP contribution in [0.15, 0.2) is 30.5 Å². The zero-order chi connectivity index (χ0) is 19.4. The summed E-state index contributed by atoms with van der Waals surface area (Å²) in [5.74, 6) is -0.978. The summed E-state index contributed by atoms with van der Waals surface area (Å²) in [6, 6.07) is 6.49. The van der Waals surface area contributed by atoms with Crippen LogP contribution in [0.5, 0.6) is 0 Å². The third-order valence-corrected chi connectivity index (χ3v) is 4.27. The summed E-state index contributed by atoms with van der Waals surface area (Å²) in [6.45, 7) is 4.05. The second-order valence-corrected chi connectivity index (χ2v) is 6.48. The first-order chi connectivity index (χ1) is 12.3. The first-order valence-electron chi connectivity index (χ1n) is 7.36. The Morgan fingerprint density at radius 3 is 2.04 bits per heavy atom. The topological polar surface area (TPSA) is 76.6 Å². The van der Waals surface area contributed by atoms with Crippen LogP contribution < -0.4 is 4.90 Å². The van der Waals surface area contributed by atoms with E-state index in [9.17, 15) is 14.4 Å². The minimum absolute atomic E-state index is 0.0253. The van der Waals surface area contributed by atoms with E-state index in [1.807, 2.05) is 0 Å². The predicted octanol–water partition coefficient (Wildman–Crippen LogP) is 4.41. The van der Waals surface area contributed by atoms with Crippen molar-refractivity contribution in [2.75, 3.05) is 4.90 Å². The molecule has 0 atom stereocenters. The summed E-state index contributed by atoms with van der Waals surface area (Å²) in [7, 11) is 0. The van der Waals surface area contributed by atoms with Gasteiger partial charge in [0, 0.05) is 6.20 Å². The molecule has 0 unspecified atom stereocenters. The Bertz CT molecular complexity index is 836. The minimum atomic E-state index is -0.489. The number of carbonyl (C=O) groups excluding carboxylic acids is 3. The lowest BCUT2D eigenvalue weighted by molar-refractivity contribution is -0.131. The van der Waals surface area contributed by atoms with E-state index in [0.29, 0.717) is 17.6 Å². The van der Waals surface area contributed by atoms with Gasteiger partial charge in [-0.15, -0.1) is 0 Å². The van der Waals surface area contributed by atoms with Crippen molar-refractivity contribution in [1.82, 2.24) is 4.98 Å². The Kier molecular flexibility index (Phi) is 6.58. The molecule has 0 radical (unpaired) electrons. The van der Waals surface area contributed by atoms with Gasteiger partial charge < -0.3 is 4.74 Å². The number of ether oxygens (including phenoxy) is 1. The molecule has 2 aromatic rings. The maximum absolute atomic E-state index is 12.3. The minimum Gasteiger partial charge on any atom is -0.465 e. The molecule has 0 N–H and O–H groups in total. The molecule has 1 aliphatic rings. The second kappa shape index (κ2) is 8.49. The predicted molar refractivity (Wildman–Crippen MR) is 99.1 cm³/mol. The maximum atomic E-state index is 12.3. The van der Waals surface area contributed by atoms with Crippen molar-refractivity contribution in [3.8, 4) is 0 Å². The zero-order valence-corrected chi connectivity index (χ0v) is 16.0. The van der Waals surface area contributed by atoms with Crippen molar-refractivity contribution in [1.29, 1.82) is 0 Å². The number of hydrogen-bond donors (Lipinski definition) is 0. The number of nitrogens with zero attached hydrogens (tertiary/aromatic N) is 2. The molecule has 1 aromatic heterocycles. The van der Waals surface area contributed by atoms with E-state index >= 15 is 0 Å². The molecular weight excluding hydrogens is 403 g/mol. The van der Waals surface area contributed by atoms with Crippen molar-refractivity contribution in [3.05, 3.63) is 56.8 Å².